The molecule has 128 valence electrons. The van der Waals surface area contributed by atoms with E-state index in [1.165, 1.54) is 36.2 Å². The van der Waals surface area contributed by atoms with Gasteiger partial charge in [-0.2, -0.15) is 0 Å². The molecule has 1 heterocycles. The number of carbonyl (C=O) groups is 2. The van der Waals surface area contributed by atoms with E-state index in [1.807, 2.05) is 0 Å². The van der Waals surface area contributed by atoms with Crippen LogP contribution >= 0.6 is 0 Å². The first-order valence-corrected chi connectivity index (χ1v) is 7.29. The van der Waals surface area contributed by atoms with Crippen molar-refractivity contribution in [2.24, 2.45) is 0 Å². The van der Waals surface area contributed by atoms with Gasteiger partial charge in [-0.25, -0.2) is 4.39 Å². The van der Waals surface area contributed by atoms with Gasteiger partial charge in [0.25, 0.3) is 0 Å². The van der Waals surface area contributed by atoms with Gasteiger partial charge in [0.2, 0.25) is 11.8 Å². The molecule has 1 aromatic heterocycles. The highest BCUT2D eigenvalue weighted by Crippen LogP contribution is 2.11. The second-order valence-electron chi connectivity index (χ2n) is 5.17. The molecule has 0 aliphatic heterocycles. The van der Waals surface area contributed by atoms with E-state index in [1.54, 1.807) is 13.0 Å². The molecule has 0 aliphatic carbocycles. The van der Waals surface area contributed by atoms with Crippen LogP contribution in [0.3, 0.4) is 0 Å². The molecule has 0 radical (unpaired) electrons. The van der Waals surface area contributed by atoms with Crippen LogP contribution in [0.5, 0.6) is 5.75 Å². The second-order valence-corrected chi connectivity index (χ2v) is 5.17. The fourth-order valence-electron chi connectivity index (χ4n) is 1.89. The van der Waals surface area contributed by atoms with Crippen molar-refractivity contribution in [2.75, 3.05) is 25.5 Å². The molecule has 0 spiro atoms. The van der Waals surface area contributed by atoms with E-state index in [0.29, 0.717) is 17.3 Å². The molecular weight excluding hydrogens is 317 g/mol. The molecule has 0 bridgehead atoms. The summed E-state index contributed by atoms with van der Waals surface area (Å²) < 4.78 is 22.9. The van der Waals surface area contributed by atoms with E-state index < -0.39 is 0 Å². The lowest BCUT2D eigenvalue weighted by atomic mass is 10.3. The molecule has 7 nitrogen and oxygen atoms in total. The molecule has 1 aromatic carbocycles. The van der Waals surface area contributed by atoms with Crippen molar-refractivity contribution in [1.82, 2.24) is 10.1 Å². The lowest BCUT2D eigenvalue weighted by Gasteiger charge is -2.16. The van der Waals surface area contributed by atoms with E-state index >= 15 is 0 Å². The average Bonchev–Trinajstić information content (AvgIpc) is 2.93. The molecule has 0 atom stereocenters. The Labute approximate surface area is 138 Å². The Morgan fingerprint density at radius 3 is 2.67 bits per heavy atom. The Bertz CT molecular complexity index is 700. The number of ether oxygens (including phenoxy) is 1. The number of halogens is 1. The first-order chi connectivity index (χ1) is 11.4. The van der Waals surface area contributed by atoms with Crippen molar-refractivity contribution in [3.8, 4) is 5.75 Å². The average molecular weight is 335 g/mol. The molecule has 1 N–H and O–H groups in total. The highest BCUT2D eigenvalue weighted by molar-refractivity contribution is 5.93. The Hall–Kier alpha value is -2.90. The summed E-state index contributed by atoms with van der Waals surface area (Å²) in [7, 11) is 1.52. The summed E-state index contributed by atoms with van der Waals surface area (Å²) >= 11 is 0. The van der Waals surface area contributed by atoms with Crippen molar-refractivity contribution in [2.45, 2.75) is 13.3 Å². The van der Waals surface area contributed by atoms with Crippen LogP contribution in [0.1, 0.15) is 12.2 Å². The molecule has 0 fully saturated rings. The highest BCUT2D eigenvalue weighted by atomic mass is 19.1. The lowest BCUT2D eigenvalue weighted by Crippen LogP contribution is -2.35. The van der Waals surface area contributed by atoms with E-state index in [9.17, 15) is 14.0 Å². The second kappa shape index (κ2) is 8.09. The minimum absolute atomic E-state index is 0.101. The number of nitrogens with one attached hydrogen (secondary N) is 1. The van der Waals surface area contributed by atoms with Gasteiger partial charge in [-0.05, 0) is 31.2 Å². The molecule has 0 saturated heterocycles. The van der Waals surface area contributed by atoms with Gasteiger partial charge in [-0.15, -0.1) is 0 Å². The summed E-state index contributed by atoms with van der Waals surface area (Å²) in [5.74, 6) is 0.380. The molecule has 0 unspecified atom stereocenters. The van der Waals surface area contributed by atoms with Crippen LogP contribution in [-0.2, 0) is 9.59 Å². The van der Waals surface area contributed by atoms with Crippen LogP contribution in [0.25, 0.3) is 0 Å². The van der Waals surface area contributed by atoms with Crippen LogP contribution in [0.4, 0.5) is 10.2 Å². The van der Waals surface area contributed by atoms with Gasteiger partial charge in [0.1, 0.15) is 17.3 Å². The monoisotopic (exact) mass is 335 g/mol. The van der Waals surface area contributed by atoms with E-state index in [2.05, 4.69) is 10.5 Å². The number of amides is 2. The quantitative estimate of drug-likeness (QED) is 0.836. The smallest absolute Gasteiger partial charge is 0.245 e. The summed E-state index contributed by atoms with van der Waals surface area (Å²) in [6.45, 7) is 1.74. The third-order valence-electron chi connectivity index (χ3n) is 3.10. The number of likely N-dealkylation sites (N-methyl/N-ethyl adjacent to an activating group) is 1. The number of nitrogens with zero attached hydrogens (tertiary/aromatic N) is 2. The standard InChI is InChI=1S/C16H18FN3O4/c1-11-9-14(19-24-11)18-15(21)10-20(2)16(22)7-8-23-13-5-3-12(17)4-6-13/h3-6,9H,7-8,10H2,1-2H3,(H,18,19,21). The minimum Gasteiger partial charge on any atom is -0.493 e. The van der Waals surface area contributed by atoms with Crippen molar-refractivity contribution < 1.29 is 23.2 Å². The number of rotatable bonds is 7. The third kappa shape index (κ3) is 5.38. The van der Waals surface area contributed by atoms with E-state index in [0.717, 1.165) is 0 Å². The van der Waals surface area contributed by atoms with E-state index in [4.69, 9.17) is 9.26 Å². The normalized spacial score (nSPS) is 10.3. The first-order valence-electron chi connectivity index (χ1n) is 7.29. The summed E-state index contributed by atoms with van der Waals surface area (Å²) in [6, 6.07) is 7.10. The fraction of sp³-hybridized carbons (Fsp3) is 0.312. The van der Waals surface area contributed by atoms with Gasteiger partial charge in [-0.3, -0.25) is 9.59 Å². The summed E-state index contributed by atoms with van der Waals surface area (Å²) in [6.07, 6.45) is 0.101. The number of hydrogen-bond donors (Lipinski definition) is 1. The number of aryl methyl sites for hydroxylation is 1. The van der Waals surface area contributed by atoms with Crippen molar-refractivity contribution >= 4 is 17.6 Å². The van der Waals surface area contributed by atoms with Gasteiger partial charge in [-0.1, -0.05) is 5.16 Å². The fourth-order valence-corrected chi connectivity index (χ4v) is 1.89. The van der Waals surface area contributed by atoms with Crippen molar-refractivity contribution in [1.29, 1.82) is 0 Å². The predicted molar refractivity (Wildman–Crippen MR) is 84.0 cm³/mol. The Kier molecular flexibility index (Phi) is 5.89. The number of hydrogen-bond acceptors (Lipinski definition) is 5. The molecular formula is C16H18FN3O4. The van der Waals surface area contributed by atoms with Gasteiger partial charge in [0.15, 0.2) is 5.82 Å². The maximum absolute atomic E-state index is 12.8. The predicted octanol–water partition coefficient (Wildman–Crippen LogP) is 1.99. The largest absolute Gasteiger partial charge is 0.493 e. The Balaban J connectivity index is 1.71. The molecule has 2 aromatic rings. The first kappa shape index (κ1) is 17.5. The van der Waals surface area contributed by atoms with Gasteiger partial charge < -0.3 is 19.5 Å². The van der Waals surface area contributed by atoms with Gasteiger partial charge >= 0.3 is 0 Å². The number of aromatic nitrogens is 1. The van der Waals surface area contributed by atoms with Gasteiger partial charge in [0, 0.05) is 13.1 Å². The van der Waals surface area contributed by atoms with Crippen LogP contribution in [-0.4, -0.2) is 42.1 Å². The molecule has 24 heavy (non-hydrogen) atoms. The lowest BCUT2D eigenvalue weighted by molar-refractivity contribution is -0.133. The van der Waals surface area contributed by atoms with Crippen molar-refractivity contribution in [3.05, 3.63) is 41.9 Å². The topological polar surface area (TPSA) is 84.7 Å². The summed E-state index contributed by atoms with van der Waals surface area (Å²) in [5, 5.41) is 6.17. The zero-order valence-corrected chi connectivity index (χ0v) is 13.4. The maximum Gasteiger partial charge on any atom is 0.245 e. The third-order valence-corrected chi connectivity index (χ3v) is 3.10. The van der Waals surface area contributed by atoms with E-state index in [-0.39, 0.29) is 37.2 Å². The molecule has 0 saturated carbocycles. The Morgan fingerprint density at radius 1 is 1.33 bits per heavy atom. The van der Waals surface area contributed by atoms with Crippen LogP contribution in [0, 0.1) is 12.7 Å². The SMILES string of the molecule is Cc1cc(NC(=O)CN(C)C(=O)CCOc2ccc(F)cc2)no1. The number of benzene rings is 1. The number of anilines is 1. The van der Waals surface area contributed by atoms with Crippen molar-refractivity contribution in [3.63, 3.8) is 0 Å². The maximum atomic E-state index is 12.8. The minimum atomic E-state index is -0.376. The van der Waals surface area contributed by atoms with Crippen LogP contribution in [0.2, 0.25) is 0 Å². The molecule has 2 amide bonds. The zero-order chi connectivity index (χ0) is 17.5. The zero-order valence-electron chi connectivity index (χ0n) is 13.4. The number of carbonyl (C=O) groups excluding carboxylic acids is 2. The molecule has 2 rings (SSSR count). The summed E-state index contributed by atoms with van der Waals surface area (Å²) in [5.41, 5.74) is 0. The highest BCUT2D eigenvalue weighted by Gasteiger charge is 2.14. The van der Waals surface area contributed by atoms with Crippen LogP contribution in [0.15, 0.2) is 34.9 Å². The molecule has 0 aliphatic rings. The summed E-state index contributed by atoms with van der Waals surface area (Å²) in [4.78, 5) is 25.0. The Morgan fingerprint density at radius 2 is 2.04 bits per heavy atom. The van der Waals surface area contributed by atoms with Gasteiger partial charge in [0.05, 0.1) is 19.6 Å². The molecule has 8 heteroatoms. The van der Waals surface area contributed by atoms with Crippen LogP contribution < -0.4 is 10.1 Å².